The van der Waals surface area contributed by atoms with Crippen molar-refractivity contribution in [1.29, 1.82) is 0 Å². The minimum atomic E-state index is -0.938. The number of carbonyl (C=O) groups excluding carboxylic acids is 1. The minimum absolute atomic E-state index is 0.132. The molecule has 0 saturated heterocycles. The lowest BCUT2D eigenvalue weighted by Gasteiger charge is -2.17. The van der Waals surface area contributed by atoms with E-state index in [-0.39, 0.29) is 12.3 Å². The summed E-state index contributed by atoms with van der Waals surface area (Å²) in [7, 11) is 0. The van der Waals surface area contributed by atoms with Crippen LogP contribution >= 0.6 is 0 Å². The molecule has 0 bridgehead atoms. The van der Waals surface area contributed by atoms with E-state index in [9.17, 15) is 9.59 Å². The van der Waals surface area contributed by atoms with Crippen LogP contribution in [0.25, 0.3) is 0 Å². The van der Waals surface area contributed by atoms with Crippen LogP contribution in [0.5, 0.6) is 0 Å². The summed E-state index contributed by atoms with van der Waals surface area (Å²) in [4.78, 5) is 23.2. The molecule has 128 valence electrons. The highest BCUT2D eigenvalue weighted by Gasteiger charge is 2.17. The summed E-state index contributed by atoms with van der Waals surface area (Å²) in [5, 5.41) is 16.2. The molecule has 1 unspecified atom stereocenters. The van der Waals surface area contributed by atoms with Crippen molar-refractivity contribution >= 4 is 11.9 Å². The van der Waals surface area contributed by atoms with Crippen LogP contribution in [0.15, 0.2) is 36.4 Å². The van der Waals surface area contributed by atoms with Gasteiger partial charge in [0, 0.05) is 18.7 Å². The van der Waals surface area contributed by atoms with E-state index >= 15 is 0 Å². The lowest BCUT2D eigenvalue weighted by Crippen LogP contribution is -2.30. The molecule has 2 rings (SSSR count). The first kappa shape index (κ1) is 17.7. The summed E-state index contributed by atoms with van der Waals surface area (Å²) < 4.78 is 1.88. The van der Waals surface area contributed by atoms with E-state index in [1.807, 2.05) is 54.9 Å². The van der Waals surface area contributed by atoms with Crippen LogP contribution in [0.2, 0.25) is 0 Å². The predicted octanol–water partition coefficient (Wildman–Crippen LogP) is 2.61. The number of aliphatic carboxylic acids is 1. The molecule has 1 aromatic heterocycles. The number of hydrogen-bond donors (Lipinski definition) is 2. The molecule has 1 amide bonds. The molecule has 1 atom stereocenters. The van der Waals surface area contributed by atoms with Crippen molar-refractivity contribution in [3.8, 4) is 0 Å². The molecule has 2 aromatic rings. The van der Waals surface area contributed by atoms with Crippen LogP contribution in [0.3, 0.4) is 0 Å². The van der Waals surface area contributed by atoms with Gasteiger partial charge in [0.15, 0.2) is 0 Å². The molecular formula is C18H23N3O3. The standard InChI is InChI=1S/C18H23N3O3/c1-13-11-14(2)21(20-13)10-6-9-17(22)19-16(12-18(23)24)15-7-4-3-5-8-15/h3-5,7-8,11,16H,6,9-10,12H2,1-2H3,(H,19,22)(H,23,24). The van der Waals surface area contributed by atoms with Gasteiger partial charge in [-0.2, -0.15) is 5.10 Å². The average Bonchev–Trinajstić information content (AvgIpc) is 2.85. The van der Waals surface area contributed by atoms with Crippen molar-refractivity contribution in [2.45, 2.75) is 45.7 Å². The summed E-state index contributed by atoms with van der Waals surface area (Å²) in [6, 6.07) is 10.7. The molecule has 2 N–H and O–H groups in total. The number of carboxylic acid groups (broad SMARTS) is 1. The first-order valence-electron chi connectivity index (χ1n) is 8.03. The van der Waals surface area contributed by atoms with Gasteiger partial charge in [-0.05, 0) is 31.9 Å². The quantitative estimate of drug-likeness (QED) is 0.780. The smallest absolute Gasteiger partial charge is 0.305 e. The van der Waals surface area contributed by atoms with Gasteiger partial charge in [-0.15, -0.1) is 0 Å². The molecule has 0 spiro atoms. The Bertz CT molecular complexity index is 695. The number of hydrogen-bond acceptors (Lipinski definition) is 3. The first-order valence-corrected chi connectivity index (χ1v) is 8.03. The van der Waals surface area contributed by atoms with Crippen molar-refractivity contribution in [3.63, 3.8) is 0 Å². The molecule has 0 aliphatic heterocycles. The van der Waals surface area contributed by atoms with Crippen LogP contribution in [0, 0.1) is 13.8 Å². The third-order valence-corrected chi connectivity index (χ3v) is 3.79. The fourth-order valence-electron chi connectivity index (χ4n) is 2.67. The van der Waals surface area contributed by atoms with E-state index in [0.29, 0.717) is 19.4 Å². The third-order valence-electron chi connectivity index (χ3n) is 3.79. The fraction of sp³-hybridized carbons (Fsp3) is 0.389. The topological polar surface area (TPSA) is 84.2 Å². The second-order valence-corrected chi connectivity index (χ2v) is 5.88. The Labute approximate surface area is 141 Å². The van der Waals surface area contributed by atoms with Crippen molar-refractivity contribution in [3.05, 3.63) is 53.3 Å². The second kappa shape index (κ2) is 8.29. The van der Waals surface area contributed by atoms with Crippen LogP contribution in [-0.2, 0) is 16.1 Å². The number of nitrogens with one attached hydrogen (secondary N) is 1. The van der Waals surface area contributed by atoms with Crippen LogP contribution in [-0.4, -0.2) is 26.8 Å². The monoisotopic (exact) mass is 329 g/mol. The van der Waals surface area contributed by atoms with E-state index < -0.39 is 12.0 Å². The van der Waals surface area contributed by atoms with Gasteiger partial charge in [-0.25, -0.2) is 0 Å². The molecule has 1 heterocycles. The van der Waals surface area contributed by atoms with E-state index in [0.717, 1.165) is 17.0 Å². The average molecular weight is 329 g/mol. The molecule has 6 heteroatoms. The SMILES string of the molecule is Cc1cc(C)n(CCCC(=O)NC(CC(=O)O)c2ccccc2)n1. The number of aromatic nitrogens is 2. The second-order valence-electron chi connectivity index (χ2n) is 5.88. The number of carboxylic acids is 1. The van der Waals surface area contributed by atoms with Crippen molar-refractivity contribution in [2.75, 3.05) is 0 Å². The largest absolute Gasteiger partial charge is 0.481 e. The first-order chi connectivity index (χ1) is 11.5. The molecule has 0 fully saturated rings. The molecule has 0 radical (unpaired) electrons. The number of carbonyl (C=O) groups is 2. The minimum Gasteiger partial charge on any atom is -0.481 e. The Morgan fingerprint density at radius 3 is 2.54 bits per heavy atom. The summed E-state index contributed by atoms with van der Waals surface area (Å²) in [6.07, 6.45) is 0.858. The normalized spacial score (nSPS) is 11.9. The number of aryl methyl sites for hydroxylation is 3. The molecule has 0 aliphatic carbocycles. The van der Waals surface area contributed by atoms with Crippen molar-refractivity contribution in [1.82, 2.24) is 15.1 Å². The Kier molecular flexibility index (Phi) is 6.12. The third kappa shape index (κ3) is 5.22. The summed E-state index contributed by atoms with van der Waals surface area (Å²) >= 11 is 0. The fourth-order valence-corrected chi connectivity index (χ4v) is 2.67. The van der Waals surface area contributed by atoms with E-state index in [1.165, 1.54) is 0 Å². The number of rotatable bonds is 8. The highest BCUT2D eigenvalue weighted by molar-refractivity contribution is 5.77. The molecule has 6 nitrogen and oxygen atoms in total. The van der Waals surface area contributed by atoms with Crippen LogP contribution in [0.1, 0.15) is 42.3 Å². The summed E-state index contributed by atoms with van der Waals surface area (Å²) in [5.74, 6) is -1.08. The lowest BCUT2D eigenvalue weighted by atomic mass is 10.0. The van der Waals surface area contributed by atoms with E-state index in [2.05, 4.69) is 10.4 Å². The lowest BCUT2D eigenvalue weighted by molar-refractivity contribution is -0.137. The van der Waals surface area contributed by atoms with Gasteiger partial charge < -0.3 is 10.4 Å². The predicted molar refractivity (Wildman–Crippen MR) is 90.5 cm³/mol. The van der Waals surface area contributed by atoms with Gasteiger partial charge in [0.2, 0.25) is 5.91 Å². The Morgan fingerprint density at radius 1 is 1.25 bits per heavy atom. The Balaban J connectivity index is 1.88. The molecule has 0 saturated carbocycles. The van der Waals surface area contributed by atoms with E-state index in [4.69, 9.17) is 5.11 Å². The zero-order valence-electron chi connectivity index (χ0n) is 14.0. The Hall–Kier alpha value is -2.63. The van der Waals surface area contributed by atoms with Gasteiger partial charge in [-0.1, -0.05) is 30.3 Å². The van der Waals surface area contributed by atoms with Gasteiger partial charge in [0.25, 0.3) is 0 Å². The Morgan fingerprint density at radius 2 is 1.96 bits per heavy atom. The van der Waals surface area contributed by atoms with Gasteiger partial charge >= 0.3 is 5.97 Å². The molecule has 0 aliphatic rings. The highest BCUT2D eigenvalue weighted by atomic mass is 16.4. The maximum absolute atomic E-state index is 12.2. The van der Waals surface area contributed by atoms with Gasteiger partial charge in [0.1, 0.15) is 0 Å². The molecular weight excluding hydrogens is 306 g/mol. The number of benzene rings is 1. The molecule has 1 aromatic carbocycles. The van der Waals surface area contributed by atoms with E-state index in [1.54, 1.807) is 0 Å². The molecule has 24 heavy (non-hydrogen) atoms. The van der Waals surface area contributed by atoms with Crippen molar-refractivity contribution < 1.29 is 14.7 Å². The maximum atomic E-state index is 12.2. The number of nitrogens with zero attached hydrogens (tertiary/aromatic N) is 2. The van der Waals surface area contributed by atoms with Crippen molar-refractivity contribution in [2.24, 2.45) is 0 Å². The zero-order chi connectivity index (χ0) is 17.5. The van der Waals surface area contributed by atoms with Crippen LogP contribution in [0.4, 0.5) is 0 Å². The van der Waals surface area contributed by atoms with Gasteiger partial charge in [-0.3, -0.25) is 14.3 Å². The number of amides is 1. The summed E-state index contributed by atoms with van der Waals surface area (Å²) in [6.45, 7) is 4.59. The summed E-state index contributed by atoms with van der Waals surface area (Å²) in [5.41, 5.74) is 2.83. The highest BCUT2D eigenvalue weighted by Crippen LogP contribution is 2.17. The maximum Gasteiger partial charge on any atom is 0.305 e. The zero-order valence-corrected chi connectivity index (χ0v) is 14.0. The van der Waals surface area contributed by atoms with Gasteiger partial charge in [0.05, 0.1) is 18.2 Å². The van der Waals surface area contributed by atoms with Crippen LogP contribution < -0.4 is 5.32 Å².